The molecule has 0 aliphatic carbocycles. The molecule has 4 nitrogen and oxygen atoms in total. The van der Waals surface area contributed by atoms with Crippen LogP contribution in [0.5, 0.6) is 0 Å². The number of aromatic nitrogens is 1. The topological polar surface area (TPSA) is 37.4 Å². The molecule has 0 spiro atoms. The molecule has 1 aliphatic rings. The first-order valence-electron chi connectivity index (χ1n) is 6.39. The molecular formula is C13H20FN3O. The fraction of sp³-hybridized carbons (Fsp3) is 0.615. The van der Waals surface area contributed by atoms with E-state index in [1.165, 1.54) is 12.5 Å². The van der Waals surface area contributed by atoms with Crippen LogP contribution in [0.15, 0.2) is 18.3 Å². The molecule has 1 aromatic heterocycles. The number of ether oxygens (including phenoxy) is 1. The van der Waals surface area contributed by atoms with Crippen molar-refractivity contribution in [3.63, 3.8) is 0 Å². The van der Waals surface area contributed by atoms with Gasteiger partial charge in [-0.1, -0.05) is 0 Å². The Balaban J connectivity index is 2.06. The van der Waals surface area contributed by atoms with Crippen LogP contribution >= 0.6 is 0 Å². The van der Waals surface area contributed by atoms with Gasteiger partial charge < -0.3 is 15.0 Å². The quantitative estimate of drug-likeness (QED) is 0.832. The van der Waals surface area contributed by atoms with Crippen molar-refractivity contribution >= 4 is 5.82 Å². The van der Waals surface area contributed by atoms with Crippen LogP contribution in [0.25, 0.3) is 0 Å². The molecule has 1 N–H and O–H groups in total. The van der Waals surface area contributed by atoms with Crippen molar-refractivity contribution in [1.82, 2.24) is 10.3 Å². The second-order valence-corrected chi connectivity index (χ2v) is 4.54. The molecule has 100 valence electrons. The van der Waals surface area contributed by atoms with Gasteiger partial charge >= 0.3 is 0 Å². The average molecular weight is 253 g/mol. The Hall–Kier alpha value is -1.20. The molecule has 0 amide bonds. The maximum Gasteiger partial charge on any atom is 0.165 e. The van der Waals surface area contributed by atoms with Crippen LogP contribution in [0.1, 0.15) is 12.8 Å². The number of nitrogens with one attached hydrogen (secondary N) is 1. The summed E-state index contributed by atoms with van der Waals surface area (Å²) in [4.78, 5) is 6.10. The summed E-state index contributed by atoms with van der Waals surface area (Å²) in [5.41, 5.74) is 0. The van der Waals surface area contributed by atoms with Crippen LogP contribution < -0.4 is 10.2 Å². The standard InChI is InChI=1S/C13H20FN3O/c1-18-9-8-17(10-11-4-2-6-15-11)13-12(14)5-3-7-16-13/h3,5,7,11,15H,2,4,6,8-10H2,1H3. The van der Waals surface area contributed by atoms with E-state index in [1.54, 1.807) is 19.4 Å². The number of anilines is 1. The maximum atomic E-state index is 13.8. The highest BCUT2D eigenvalue weighted by molar-refractivity contribution is 5.39. The van der Waals surface area contributed by atoms with Gasteiger partial charge in [0, 0.05) is 32.4 Å². The van der Waals surface area contributed by atoms with Gasteiger partial charge in [-0.3, -0.25) is 0 Å². The summed E-state index contributed by atoms with van der Waals surface area (Å²) in [6, 6.07) is 3.48. The second-order valence-electron chi connectivity index (χ2n) is 4.54. The van der Waals surface area contributed by atoms with Crippen LogP contribution in [-0.2, 0) is 4.74 Å². The number of pyridine rings is 1. The van der Waals surface area contributed by atoms with Gasteiger partial charge in [0.2, 0.25) is 0 Å². The molecule has 2 rings (SSSR count). The van der Waals surface area contributed by atoms with E-state index in [4.69, 9.17) is 4.74 Å². The van der Waals surface area contributed by atoms with E-state index in [1.807, 2.05) is 4.90 Å². The van der Waals surface area contributed by atoms with Crippen LogP contribution in [0.3, 0.4) is 0 Å². The number of rotatable bonds is 6. The Morgan fingerprint density at radius 1 is 1.61 bits per heavy atom. The fourth-order valence-corrected chi connectivity index (χ4v) is 2.27. The lowest BCUT2D eigenvalue weighted by Crippen LogP contribution is -2.40. The Bertz CT molecular complexity index is 369. The minimum atomic E-state index is -0.272. The smallest absolute Gasteiger partial charge is 0.165 e. The first kappa shape index (κ1) is 13.2. The van der Waals surface area contributed by atoms with Crippen molar-refractivity contribution in [1.29, 1.82) is 0 Å². The third-order valence-corrected chi connectivity index (χ3v) is 3.21. The molecule has 1 fully saturated rings. The maximum absolute atomic E-state index is 13.8. The van der Waals surface area contributed by atoms with Crippen LogP contribution in [-0.4, -0.2) is 44.4 Å². The molecule has 0 bridgehead atoms. The van der Waals surface area contributed by atoms with Crippen LogP contribution in [0, 0.1) is 5.82 Å². The minimum Gasteiger partial charge on any atom is -0.383 e. The molecule has 0 saturated carbocycles. The molecule has 1 atom stereocenters. The van der Waals surface area contributed by atoms with Gasteiger partial charge in [0.05, 0.1) is 6.61 Å². The lowest BCUT2D eigenvalue weighted by atomic mass is 10.2. The second kappa shape index (κ2) is 6.66. The summed E-state index contributed by atoms with van der Waals surface area (Å²) in [7, 11) is 1.65. The van der Waals surface area contributed by atoms with E-state index < -0.39 is 0 Å². The molecule has 1 aromatic rings. The summed E-state index contributed by atoms with van der Waals surface area (Å²) in [6.45, 7) is 3.05. The number of methoxy groups -OCH3 is 1. The van der Waals surface area contributed by atoms with Gasteiger partial charge in [-0.05, 0) is 31.5 Å². The van der Waals surface area contributed by atoms with E-state index in [0.717, 1.165) is 19.5 Å². The summed E-state index contributed by atoms with van der Waals surface area (Å²) < 4.78 is 18.9. The molecule has 0 aromatic carbocycles. The van der Waals surface area contributed by atoms with Gasteiger partial charge in [0.15, 0.2) is 11.6 Å². The normalized spacial score (nSPS) is 19.1. The van der Waals surface area contributed by atoms with Crippen LogP contribution in [0.2, 0.25) is 0 Å². The van der Waals surface area contributed by atoms with Crippen molar-refractivity contribution in [3.05, 3.63) is 24.1 Å². The highest BCUT2D eigenvalue weighted by Gasteiger charge is 2.20. The Kier molecular flexibility index (Phi) is 4.90. The summed E-state index contributed by atoms with van der Waals surface area (Å²) in [5.74, 6) is 0.148. The number of halogens is 1. The molecule has 1 aliphatic heterocycles. The van der Waals surface area contributed by atoms with Crippen molar-refractivity contribution in [2.45, 2.75) is 18.9 Å². The predicted octanol–water partition coefficient (Wildman–Crippen LogP) is 1.43. The van der Waals surface area contributed by atoms with Crippen molar-refractivity contribution in [3.8, 4) is 0 Å². The van der Waals surface area contributed by atoms with Crippen molar-refractivity contribution < 1.29 is 9.13 Å². The Morgan fingerprint density at radius 2 is 2.50 bits per heavy atom. The summed E-state index contributed by atoms with van der Waals surface area (Å²) in [6.07, 6.45) is 3.95. The van der Waals surface area contributed by atoms with Gasteiger partial charge in [-0.15, -0.1) is 0 Å². The van der Waals surface area contributed by atoms with Gasteiger partial charge in [0.1, 0.15) is 0 Å². The number of hydrogen-bond acceptors (Lipinski definition) is 4. The number of hydrogen-bond donors (Lipinski definition) is 1. The zero-order chi connectivity index (χ0) is 12.8. The molecule has 1 saturated heterocycles. The van der Waals surface area contributed by atoms with Crippen molar-refractivity contribution in [2.24, 2.45) is 0 Å². The SMILES string of the molecule is COCCN(CC1CCCN1)c1ncccc1F. The van der Waals surface area contributed by atoms with Gasteiger partial charge in [-0.25, -0.2) is 9.37 Å². The van der Waals surface area contributed by atoms with E-state index in [2.05, 4.69) is 10.3 Å². The monoisotopic (exact) mass is 253 g/mol. The largest absolute Gasteiger partial charge is 0.383 e. The Morgan fingerprint density at radius 3 is 3.17 bits per heavy atom. The van der Waals surface area contributed by atoms with E-state index >= 15 is 0 Å². The highest BCUT2D eigenvalue weighted by Crippen LogP contribution is 2.17. The minimum absolute atomic E-state index is 0.272. The number of nitrogens with zero attached hydrogens (tertiary/aromatic N) is 2. The molecular weight excluding hydrogens is 233 g/mol. The molecule has 2 heterocycles. The Labute approximate surface area is 107 Å². The molecule has 0 radical (unpaired) electrons. The average Bonchev–Trinajstić information content (AvgIpc) is 2.88. The lowest BCUT2D eigenvalue weighted by molar-refractivity contribution is 0.204. The van der Waals surface area contributed by atoms with Crippen molar-refractivity contribution in [2.75, 3.05) is 38.3 Å². The summed E-state index contributed by atoms with van der Waals surface area (Å²) >= 11 is 0. The van der Waals surface area contributed by atoms with E-state index in [9.17, 15) is 4.39 Å². The lowest BCUT2D eigenvalue weighted by Gasteiger charge is -2.26. The first-order chi connectivity index (χ1) is 8.81. The van der Waals surface area contributed by atoms with Gasteiger partial charge in [-0.2, -0.15) is 0 Å². The zero-order valence-electron chi connectivity index (χ0n) is 10.7. The molecule has 5 heteroatoms. The first-order valence-corrected chi connectivity index (χ1v) is 6.39. The van der Waals surface area contributed by atoms with Gasteiger partial charge in [0.25, 0.3) is 0 Å². The predicted molar refractivity (Wildman–Crippen MR) is 69.3 cm³/mol. The third kappa shape index (κ3) is 3.40. The third-order valence-electron chi connectivity index (χ3n) is 3.21. The van der Waals surface area contributed by atoms with E-state index in [-0.39, 0.29) is 5.82 Å². The summed E-state index contributed by atoms with van der Waals surface area (Å²) in [5, 5.41) is 3.42. The highest BCUT2D eigenvalue weighted by atomic mass is 19.1. The fourth-order valence-electron chi connectivity index (χ4n) is 2.27. The molecule has 18 heavy (non-hydrogen) atoms. The van der Waals surface area contributed by atoms with Crippen LogP contribution in [0.4, 0.5) is 10.2 Å². The molecule has 1 unspecified atom stereocenters. The zero-order valence-corrected chi connectivity index (χ0v) is 10.7. The van der Waals surface area contributed by atoms with E-state index in [0.29, 0.717) is 25.0 Å².